The van der Waals surface area contributed by atoms with Crippen LogP contribution in [0.3, 0.4) is 0 Å². The van der Waals surface area contributed by atoms with Gasteiger partial charge in [-0.05, 0) is 109 Å². The van der Waals surface area contributed by atoms with Crippen LogP contribution in [-0.2, 0) is 10.8 Å². The first-order chi connectivity index (χ1) is 31.5. The molecule has 0 saturated heterocycles. The van der Waals surface area contributed by atoms with Crippen molar-refractivity contribution >= 4 is 49.8 Å². The van der Waals surface area contributed by atoms with Gasteiger partial charge in [-0.2, -0.15) is 0 Å². The van der Waals surface area contributed by atoms with Gasteiger partial charge < -0.3 is 9.32 Å². The molecule has 2 aliphatic rings. The van der Waals surface area contributed by atoms with E-state index in [0.29, 0.717) is 0 Å². The molecule has 0 saturated carbocycles. The highest BCUT2D eigenvalue weighted by atomic mass is 16.3. The number of nitrogens with zero attached hydrogens (tertiary/aromatic N) is 1. The Hall–Kier alpha value is -7.94. The van der Waals surface area contributed by atoms with Gasteiger partial charge in [0.2, 0.25) is 0 Å². The van der Waals surface area contributed by atoms with E-state index in [1.807, 2.05) is 0 Å². The summed E-state index contributed by atoms with van der Waals surface area (Å²) in [5, 5.41) is 4.45. The molecular formula is C62H43NO. The first kappa shape index (κ1) is 36.7. The number of hydrogen-bond donors (Lipinski definition) is 0. The number of furan rings is 1. The maximum absolute atomic E-state index is 7.01. The summed E-state index contributed by atoms with van der Waals surface area (Å²) in [6.07, 6.45) is 0. The van der Waals surface area contributed by atoms with Crippen molar-refractivity contribution in [2.45, 2.75) is 24.7 Å². The van der Waals surface area contributed by atoms with Crippen LogP contribution in [0.25, 0.3) is 66.1 Å². The Morgan fingerprint density at radius 3 is 1.62 bits per heavy atom. The number of fused-ring (bicyclic) bond motifs is 11. The van der Waals surface area contributed by atoms with Gasteiger partial charge in [-0.25, -0.2) is 0 Å². The van der Waals surface area contributed by atoms with Gasteiger partial charge in [0.15, 0.2) is 0 Å². The molecule has 0 fully saturated rings. The Bertz CT molecular complexity index is 3600. The predicted octanol–water partition coefficient (Wildman–Crippen LogP) is 16.5. The Labute approximate surface area is 373 Å². The van der Waals surface area contributed by atoms with E-state index < -0.39 is 5.41 Å². The van der Waals surface area contributed by atoms with Crippen molar-refractivity contribution in [3.63, 3.8) is 0 Å². The molecular weight excluding hydrogens is 775 g/mol. The molecule has 10 aromatic carbocycles. The van der Waals surface area contributed by atoms with Gasteiger partial charge in [0.25, 0.3) is 0 Å². The van der Waals surface area contributed by atoms with Crippen molar-refractivity contribution in [1.82, 2.24) is 0 Å². The average Bonchev–Trinajstić information content (AvgIpc) is 3.96. The van der Waals surface area contributed by atoms with Gasteiger partial charge in [0, 0.05) is 33.1 Å². The monoisotopic (exact) mass is 817 g/mol. The molecule has 1 heterocycles. The fraction of sp³-hybridized carbons (Fsp3) is 0.0645. The van der Waals surface area contributed by atoms with Gasteiger partial charge in [0.1, 0.15) is 11.2 Å². The molecule has 2 heteroatoms. The maximum atomic E-state index is 7.01. The first-order valence-electron chi connectivity index (χ1n) is 22.3. The van der Waals surface area contributed by atoms with Crippen LogP contribution in [0.15, 0.2) is 229 Å². The molecule has 2 aliphatic carbocycles. The van der Waals surface area contributed by atoms with Gasteiger partial charge in [-0.3, -0.25) is 0 Å². The molecule has 0 N–H and O–H groups in total. The number of rotatable bonds is 6. The van der Waals surface area contributed by atoms with Crippen LogP contribution in [-0.4, -0.2) is 0 Å². The number of benzene rings is 10. The zero-order chi connectivity index (χ0) is 42.6. The topological polar surface area (TPSA) is 16.4 Å². The van der Waals surface area contributed by atoms with Crippen molar-refractivity contribution in [3.8, 4) is 33.4 Å². The lowest BCUT2D eigenvalue weighted by Gasteiger charge is -2.35. The lowest BCUT2D eigenvalue weighted by Crippen LogP contribution is -2.28. The van der Waals surface area contributed by atoms with Crippen LogP contribution in [0.2, 0.25) is 0 Å². The van der Waals surface area contributed by atoms with Gasteiger partial charge in [-0.1, -0.05) is 196 Å². The second-order valence-corrected chi connectivity index (χ2v) is 18.0. The van der Waals surface area contributed by atoms with E-state index in [1.54, 1.807) is 0 Å². The van der Waals surface area contributed by atoms with E-state index in [1.165, 1.54) is 55.6 Å². The van der Waals surface area contributed by atoms with Gasteiger partial charge in [0.05, 0.1) is 16.5 Å². The van der Waals surface area contributed by atoms with Crippen molar-refractivity contribution in [3.05, 3.63) is 258 Å². The highest BCUT2D eigenvalue weighted by Crippen LogP contribution is 2.59. The molecule has 0 amide bonds. The Morgan fingerprint density at radius 2 is 0.922 bits per heavy atom. The fourth-order valence-corrected chi connectivity index (χ4v) is 11.5. The third-order valence-corrected chi connectivity index (χ3v) is 14.3. The summed E-state index contributed by atoms with van der Waals surface area (Å²) >= 11 is 0. The predicted molar refractivity (Wildman–Crippen MR) is 266 cm³/mol. The van der Waals surface area contributed by atoms with E-state index in [-0.39, 0.29) is 5.41 Å². The third-order valence-electron chi connectivity index (χ3n) is 14.3. The maximum Gasteiger partial charge on any atom is 0.143 e. The van der Waals surface area contributed by atoms with Gasteiger partial charge >= 0.3 is 0 Å². The Kier molecular flexibility index (Phi) is 7.90. The lowest BCUT2D eigenvalue weighted by molar-refractivity contribution is 0.660. The largest absolute Gasteiger partial charge is 0.455 e. The van der Waals surface area contributed by atoms with Crippen LogP contribution >= 0.6 is 0 Å². The van der Waals surface area contributed by atoms with Crippen molar-refractivity contribution in [2.24, 2.45) is 0 Å². The second-order valence-electron chi connectivity index (χ2n) is 18.0. The van der Waals surface area contributed by atoms with Crippen molar-refractivity contribution < 1.29 is 4.42 Å². The molecule has 1 aromatic heterocycles. The zero-order valence-corrected chi connectivity index (χ0v) is 35.7. The summed E-state index contributed by atoms with van der Waals surface area (Å²) < 4.78 is 7.01. The number of anilines is 3. The molecule has 0 bridgehead atoms. The summed E-state index contributed by atoms with van der Waals surface area (Å²) in [6.45, 7) is 4.74. The van der Waals surface area contributed by atoms with E-state index in [4.69, 9.17) is 4.42 Å². The van der Waals surface area contributed by atoms with Crippen molar-refractivity contribution in [1.29, 1.82) is 0 Å². The normalized spacial score (nSPS) is 14.0. The van der Waals surface area contributed by atoms with E-state index >= 15 is 0 Å². The minimum Gasteiger partial charge on any atom is -0.455 e. The molecule has 2 nitrogen and oxygen atoms in total. The van der Waals surface area contributed by atoms with Crippen LogP contribution < -0.4 is 4.90 Å². The SMILES string of the molecule is CC1(C)c2ccccc2-c2ccc(N(c3ccc4c(c3)C(c3ccccc3)(c3ccccc3)c3ccccc3-4)c3c(-c4ccccc4)ccc4oc5c6ccccc6ccc5c34)cc21. The Morgan fingerprint density at radius 1 is 0.391 bits per heavy atom. The molecule has 13 rings (SSSR count). The minimum atomic E-state index is -0.562. The molecule has 0 unspecified atom stereocenters. The second kappa shape index (κ2) is 13.8. The molecule has 64 heavy (non-hydrogen) atoms. The Balaban J connectivity index is 1.17. The zero-order valence-electron chi connectivity index (χ0n) is 35.7. The van der Waals surface area contributed by atoms with Crippen LogP contribution in [0.5, 0.6) is 0 Å². The van der Waals surface area contributed by atoms with Gasteiger partial charge in [-0.15, -0.1) is 0 Å². The summed E-state index contributed by atoms with van der Waals surface area (Å²) in [5.74, 6) is 0. The molecule has 0 atom stereocenters. The smallest absolute Gasteiger partial charge is 0.143 e. The summed E-state index contributed by atoms with van der Waals surface area (Å²) in [6, 6.07) is 82.9. The summed E-state index contributed by atoms with van der Waals surface area (Å²) in [4.78, 5) is 2.54. The fourth-order valence-electron chi connectivity index (χ4n) is 11.5. The average molecular weight is 818 g/mol. The molecule has 0 aliphatic heterocycles. The van der Waals surface area contributed by atoms with Crippen molar-refractivity contribution in [2.75, 3.05) is 4.90 Å². The van der Waals surface area contributed by atoms with E-state index in [0.717, 1.165) is 60.9 Å². The third kappa shape index (κ3) is 5.08. The quantitative estimate of drug-likeness (QED) is 0.166. The first-order valence-corrected chi connectivity index (χ1v) is 22.3. The van der Waals surface area contributed by atoms with Crippen LogP contribution in [0, 0.1) is 0 Å². The van der Waals surface area contributed by atoms with Crippen LogP contribution in [0.4, 0.5) is 17.1 Å². The van der Waals surface area contributed by atoms with E-state index in [2.05, 4.69) is 243 Å². The van der Waals surface area contributed by atoms with E-state index in [9.17, 15) is 0 Å². The lowest BCUT2D eigenvalue weighted by atomic mass is 9.67. The standard InChI is InChI=1S/C62H43NO/c1-61(2)53-28-16-14-26-48(53)50-34-31-44(38-55(50)61)63(59-46(40-18-6-3-7-19-40)36-37-57-58(59)52-33-30-41-20-12-13-25-47(41)60(52)64-57)45-32-35-51-49-27-15-17-29-54(49)62(56(51)39-45,42-21-8-4-9-22-42)43-23-10-5-11-24-43/h3-39H,1-2H3. The minimum absolute atomic E-state index is 0.196. The number of hydrogen-bond acceptors (Lipinski definition) is 2. The van der Waals surface area contributed by atoms with Crippen LogP contribution in [0.1, 0.15) is 47.2 Å². The molecule has 302 valence electrons. The molecule has 11 aromatic rings. The summed E-state index contributed by atoms with van der Waals surface area (Å²) in [5.41, 5.74) is 19.4. The summed E-state index contributed by atoms with van der Waals surface area (Å²) in [7, 11) is 0. The molecule has 0 spiro atoms. The molecule has 0 radical (unpaired) electrons. The highest BCUT2D eigenvalue weighted by Gasteiger charge is 2.46. The highest BCUT2D eigenvalue weighted by molar-refractivity contribution is 6.22.